The fraction of sp³-hybridized carbons (Fsp3) is 0.103. The van der Waals surface area contributed by atoms with Crippen molar-refractivity contribution in [2.75, 3.05) is 17.2 Å². The van der Waals surface area contributed by atoms with Crippen molar-refractivity contribution in [2.24, 2.45) is 0 Å². The molecule has 0 fully saturated rings. The molecule has 0 atom stereocenters. The lowest BCUT2D eigenvalue weighted by atomic mass is 10.1. The molecule has 6 rings (SSSR count). The number of anilines is 4. The van der Waals surface area contributed by atoms with E-state index in [1.165, 1.54) is 16.8 Å². The van der Waals surface area contributed by atoms with Gasteiger partial charge in [0, 0.05) is 59.2 Å². The first-order chi connectivity index (χ1) is 20.1. The second-order valence-corrected chi connectivity index (χ2v) is 8.85. The van der Waals surface area contributed by atoms with Crippen molar-refractivity contribution in [1.29, 1.82) is 0 Å². The van der Waals surface area contributed by atoms with Crippen molar-refractivity contribution >= 4 is 34.2 Å². The Morgan fingerprint density at radius 2 is 1.37 bits per heavy atom. The average molecular weight is 552 g/mol. The average Bonchev–Trinajstić information content (AvgIpc) is 3.35. The Bertz CT molecular complexity index is 1730. The van der Waals surface area contributed by atoms with Crippen molar-refractivity contribution < 1.29 is 13.5 Å². The third kappa shape index (κ3) is 5.62. The van der Waals surface area contributed by atoms with Crippen LogP contribution in [0, 0.1) is 11.6 Å². The van der Waals surface area contributed by atoms with Crippen molar-refractivity contribution in [2.45, 2.75) is 13.5 Å². The van der Waals surface area contributed by atoms with E-state index in [9.17, 15) is 8.78 Å². The first kappa shape index (κ1) is 25.7. The minimum atomic E-state index is -0.720. The molecule has 0 unspecified atom stereocenters. The van der Waals surface area contributed by atoms with Gasteiger partial charge in [-0.1, -0.05) is 18.2 Å². The summed E-state index contributed by atoms with van der Waals surface area (Å²) in [6, 6.07) is 16.8. The highest BCUT2D eigenvalue weighted by molar-refractivity contribution is 5.92. The highest BCUT2D eigenvalue weighted by Crippen LogP contribution is 2.30. The molecule has 4 heterocycles. The number of ether oxygens (including phenoxy) is 1. The van der Waals surface area contributed by atoms with Crippen LogP contribution in [0.25, 0.3) is 22.4 Å². The number of halogens is 2. The summed E-state index contributed by atoms with van der Waals surface area (Å²) in [4.78, 5) is 21.9. The number of pyridine rings is 2. The maximum atomic E-state index is 15.0. The SMILES string of the molecule is CCOc1cc(F)c(Cn2nc(-c3nc(Nc4ccncc4)nc(Nc4ccncc4)n3)c3ccccc32)c(F)c1. The lowest BCUT2D eigenvalue weighted by Gasteiger charge is -2.10. The summed E-state index contributed by atoms with van der Waals surface area (Å²) < 4.78 is 36.7. The van der Waals surface area contributed by atoms with E-state index < -0.39 is 11.6 Å². The summed E-state index contributed by atoms with van der Waals surface area (Å²) in [5, 5.41) is 11.8. The first-order valence-electron chi connectivity index (χ1n) is 12.7. The van der Waals surface area contributed by atoms with Gasteiger partial charge in [-0.15, -0.1) is 0 Å². The van der Waals surface area contributed by atoms with Crippen LogP contribution in [0.15, 0.2) is 85.5 Å². The second kappa shape index (κ2) is 11.3. The van der Waals surface area contributed by atoms with Gasteiger partial charge in [0.2, 0.25) is 11.9 Å². The Hall–Kier alpha value is -5.52. The van der Waals surface area contributed by atoms with E-state index >= 15 is 0 Å². The molecule has 0 aliphatic heterocycles. The molecule has 204 valence electrons. The van der Waals surface area contributed by atoms with E-state index in [0.29, 0.717) is 23.2 Å². The maximum Gasteiger partial charge on any atom is 0.232 e. The quantitative estimate of drug-likeness (QED) is 0.227. The number of hydrogen-bond donors (Lipinski definition) is 2. The van der Waals surface area contributed by atoms with Crippen LogP contribution in [0.4, 0.5) is 32.1 Å². The van der Waals surface area contributed by atoms with E-state index in [1.54, 1.807) is 56.0 Å². The van der Waals surface area contributed by atoms with E-state index in [4.69, 9.17) is 9.84 Å². The minimum Gasteiger partial charge on any atom is -0.494 e. The van der Waals surface area contributed by atoms with E-state index in [-0.39, 0.29) is 35.6 Å². The third-order valence-electron chi connectivity index (χ3n) is 6.11. The lowest BCUT2D eigenvalue weighted by molar-refractivity contribution is 0.335. The van der Waals surface area contributed by atoms with Gasteiger partial charge in [-0.3, -0.25) is 14.6 Å². The molecule has 0 spiro atoms. The van der Waals surface area contributed by atoms with Crippen LogP contribution in [0.2, 0.25) is 0 Å². The molecular formula is C29H23F2N9O. The van der Waals surface area contributed by atoms with Gasteiger partial charge < -0.3 is 15.4 Å². The van der Waals surface area contributed by atoms with E-state index in [1.807, 2.05) is 24.3 Å². The summed E-state index contributed by atoms with van der Waals surface area (Å²) in [6.45, 7) is 1.89. The number of hydrogen-bond acceptors (Lipinski definition) is 9. The molecule has 41 heavy (non-hydrogen) atoms. The molecular weight excluding hydrogens is 528 g/mol. The molecule has 0 bridgehead atoms. The summed E-state index contributed by atoms with van der Waals surface area (Å²) in [6.07, 6.45) is 6.59. The van der Waals surface area contributed by atoms with Crippen LogP contribution in [0.5, 0.6) is 5.75 Å². The van der Waals surface area contributed by atoms with Gasteiger partial charge in [-0.2, -0.15) is 20.1 Å². The molecule has 2 N–H and O–H groups in total. The Kier molecular flexibility index (Phi) is 7.10. The fourth-order valence-electron chi connectivity index (χ4n) is 4.27. The van der Waals surface area contributed by atoms with Crippen molar-refractivity contribution in [3.8, 4) is 17.3 Å². The molecule has 0 aliphatic carbocycles. The first-order valence-corrected chi connectivity index (χ1v) is 12.7. The van der Waals surface area contributed by atoms with Gasteiger partial charge in [0.15, 0.2) is 5.82 Å². The van der Waals surface area contributed by atoms with E-state index in [2.05, 4.69) is 35.6 Å². The van der Waals surface area contributed by atoms with Crippen LogP contribution in [-0.4, -0.2) is 41.3 Å². The maximum absolute atomic E-state index is 15.0. The largest absolute Gasteiger partial charge is 0.494 e. The molecule has 0 saturated heterocycles. The zero-order chi connectivity index (χ0) is 28.2. The molecule has 0 radical (unpaired) electrons. The number of benzene rings is 2. The zero-order valence-corrected chi connectivity index (χ0v) is 21.8. The molecule has 6 aromatic rings. The number of para-hydroxylation sites is 1. The molecule has 4 aromatic heterocycles. The van der Waals surface area contributed by atoms with Crippen LogP contribution < -0.4 is 15.4 Å². The molecule has 0 aliphatic rings. The monoisotopic (exact) mass is 551 g/mol. The molecule has 2 aromatic carbocycles. The third-order valence-corrected chi connectivity index (χ3v) is 6.11. The minimum absolute atomic E-state index is 0.130. The summed E-state index contributed by atoms with van der Waals surface area (Å²) >= 11 is 0. The number of nitrogens with zero attached hydrogens (tertiary/aromatic N) is 7. The van der Waals surface area contributed by atoms with Gasteiger partial charge in [-0.25, -0.2) is 8.78 Å². The Morgan fingerprint density at radius 1 is 0.780 bits per heavy atom. The standard InChI is InChI=1S/C29H23F2N9O/c1-2-41-20-15-23(30)22(24(31)16-20)17-40-25-6-4-3-5-21(25)26(39-40)27-36-28(34-18-7-11-32-12-8-18)38-29(37-27)35-19-9-13-33-14-10-19/h3-16H,2,17H2,1H3,(H2,32,33,34,35,36,37,38). The normalized spacial score (nSPS) is 11.0. The smallest absolute Gasteiger partial charge is 0.232 e. The van der Waals surface area contributed by atoms with E-state index in [0.717, 1.165) is 11.4 Å². The topological polar surface area (TPSA) is 116 Å². The summed E-state index contributed by atoms with van der Waals surface area (Å²) in [5.41, 5.74) is 2.39. The molecule has 12 heteroatoms. The Morgan fingerprint density at radius 3 is 1.95 bits per heavy atom. The van der Waals surface area contributed by atoms with Gasteiger partial charge in [-0.05, 0) is 37.3 Å². The number of aromatic nitrogens is 7. The molecule has 0 saturated carbocycles. The highest BCUT2D eigenvalue weighted by Gasteiger charge is 2.20. The van der Waals surface area contributed by atoms with Crippen LogP contribution >= 0.6 is 0 Å². The number of fused-ring (bicyclic) bond motifs is 1. The van der Waals surface area contributed by atoms with Crippen LogP contribution in [0.1, 0.15) is 12.5 Å². The van der Waals surface area contributed by atoms with Crippen molar-refractivity contribution in [1.82, 2.24) is 34.7 Å². The number of rotatable bonds is 9. The van der Waals surface area contributed by atoms with Crippen LogP contribution in [-0.2, 0) is 6.54 Å². The summed E-state index contributed by atoms with van der Waals surface area (Å²) in [5.74, 6) is -0.522. The predicted molar refractivity (Wildman–Crippen MR) is 150 cm³/mol. The number of nitrogens with one attached hydrogen (secondary N) is 2. The molecule has 10 nitrogen and oxygen atoms in total. The second-order valence-electron chi connectivity index (χ2n) is 8.85. The highest BCUT2D eigenvalue weighted by atomic mass is 19.1. The van der Waals surface area contributed by atoms with Gasteiger partial charge in [0.05, 0.1) is 18.7 Å². The zero-order valence-electron chi connectivity index (χ0n) is 21.8. The van der Waals surface area contributed by atoms with Gasteiger partial charge in [0.1, 0.15) is 23.1 Å². The Balaban J connectivity index is 1.43. The fourth-order valence-corrected chi connectivity index (χ4v) is 4.27. The van der Waals surface area contributed by atoms with Crippen molar-refractivity contribution in [3.63, 3.8) is 0 Å². The van der Waals surface area contributed by atoms with Gasteiger partial charge >= 0.3 is 0 Å². The molecule has 0 amide bonds. The van der Waals surface area contributed by atoms with Crippen molar-refractivity contribution in [3.05, 3.63) is 103 Å². The summed E-state index contributed by atoms with van der Waals surface area (Å²) in [7, 11) is 0. The lowest BCUT2D eigenvalue weighted by Crippen LogP contribution is -2.08. The Labute approximate surface area is 233 Å². The predicted octanol–water partition coefficient (Wildman–Crippen LogP) is 5.89. The van der Waals surface area contributed by atoms with Gasteiger partial charge in [0.25, 0.3) is 0 Å². The van der Waals surface area contributed by atoms with Crippen LogP contribution in [0.3, 0.4) is 0 Å².